The van der Waals surface area contributed by atoms with Gasteiger partial charge in [-0.25, -0.2) is 14.2 Å². The highest BCUT2D eigenvalue weighted by molar-refractivity contribution is 6.29. The quantitative estimate of drug-likeness (QED) is 0.431. The van der Waals surface area contributed by atoms with Crippen LogP contribution in [-0.2, 0) is 9.53 Å². The number of rotatable bonds is 2. The minimum atomic E-state index is -0.626. The van der Waals surface area contributed by atoms with Gasteiger partial charge >= 0.3 is 5.97 Å². The van der Waals surface area contributed by atoms with Crippen LogP contribution >= 0.6 is 11.6 Å². The van der Waals surface area contributed by atoms with Crippen molar-refractivity contribution < 1.29 is 13.9 Å². The smallest absolute Gasteiger partial charge is 0.330 e. The average Bonchev–Trinajstić information content (AvgIpc) is 2.19. The van der Waals surface area contributed by atoms with Crippen LogP contribution in [0.3, 0.4) is 0 Å². The Morgan fingerprint density at radius 3 is 3.00 bits per heavy atom. The standard InChI is InChI=1S/C9H7ClFNO2/c1-14-8(13)3-2-6-4-7(11)9(10)12-5-6/h2-5H,1H3. The Kier molecular flexibility index (Phi) is 3.59. The number of methoxy groups -OCH3 is 1. The van der Waals surface area contributed by atoms with Gasteiger partial charge in [0.1, 0.15) is 0 Å². The zero-order valence-corrected chi connectivity index (χ0v) is 8.08. The Morgan fingerprint density at radius 1 is 1.71 bits per heavy atom. The zero-order chi connectivity index (χ0) is 10.6. The highest BCUT2D eigenvalue weighted by Gasteiger charge is 2.00. The molecule has 0 bridgehead atoms. The number of ether oxygens (including phenoxy) is 1. The van der Waals surface area contributed by atoms with E-state index in [1.54, 1.807) is 0 Å². The second-order valence-corrected chi connectivity index (χ2v) is 2.76. The summed E-state index contributed by atoms with van der Waals surface area (Å²) in [4.78, 5) is 14.3. The van der Waals surface area contributed by atoms with Crippen LogP contribution in [0.2, 0.25) is 5.15 Å². The topological polar surface area (TPSA) is 39.2 Å². The van der Waals surface area contributed by atoms with E-state index < -0.39 is 11.8 Å². The molecule has 0 fully saturated rings. The largest absolute Gasteiger partial charge is 0.466 e. The van der Waals surface area contributed by atoms with Crippen LogP contribution < -0.4 is 0 Å². The third kappa shape index (κ3) is 2.81. The maximum Gasteiger partial charge on any atom is 0.330 e. The first-order chi connectivity index (χ1) is 6.63. The number of esters is 1. The summed E-state index contributed by atoms with van der Waals surface area (Å²) in [7, 11) is 1.26. The fourth-order valence-electron chi connectivity index (χ4n) is 0.759. The van der Waals surface area contributed by atoms with Gasteiger partial charge in [0.15, 0.2) is 11.0 Å². The number of hydrogen-bond acceptors (Lipinski definition) is 3. The van der Waals surface area contributed by atoms with Crippen molar-refractivity contribution in [3.05, 3.63) is 34.9 Å². The molecule has 5 heteroatoms. The molecule has 0 saturated heterocycles. The van der Waals surface area contributed by atoms with Gasteiger partial charge in [-0.15, -0.1) is 0 Å². The van der Waals surface area contributed by atoms with Gasteiger partial charge in [0, 0.05) is 12.3 Å². The van der Waals surface area contributed by atoms with Gasteiger partial charge < -0.3 is 4.74 Å². The Morgan fingerprint density at radius 2 is 2.43 bits per heavy atom. The minimum absolute atomic E-state index is 0.194. The van der Waals surface area contributed by atoms with Gasteiger partial charge in [-0.1, -0.05) is 11.6 Å². The fraction of sp³-hybridized carbons (Fsp3) is 0.111. The van der Waals surface area contributed by atoms with Gasteiger partial charge in [-0.05, 0) is 17.7 Å². The Balaban J connectivity index is 2.83. The number of hydrogen-bond donors (Lipinski definition) is 0. The third-order valence-electron chi connectivity index (χ3n) is 1.43. The number of halogens is 2. The van der Waals surface area contributed by atoms with Crippen LogP contribution in [0, 0.1) is 5.82 Å². The summed E-state index contributed by atoms with van der Waals surface area (Å²) >= 11 is 5.37. The van der Waals surface area contributed by atoms with E-state index in [9.17, 15) is 9.18 Å². The van der Waals surface area contributed by atoms with Crippen molar-refractivity contribution in [1.29, 1.82) is 0 Å². The highest BCUT2D eigenvalue weighted by atomic mass is 35.5. The monoisotopic (exact) mass is 215 g/mol. The maximum absolute atomic E-state index is 12.8. The molecule has 1 aromatic heterocycles. The van der Waals surface area contributed by atoms with Crippen molar-refractivity contribution in [2.24, 2.45) is 0 Å². The first kappa shape index (κ1) is 10.7. The van der Waals surface area contributed by atoms with E-state index in [0.29, 0.717) is 5.56 Å². The Labute approximate surface area is 85.2 Å². The summed E-state index contributed by atoms with van der Waals surface area (Å²) in [5.74, 6) is -1.14. The van der Waals surface area contributed by atoms with E-state index in [4.69, 9.17) is 11.6 Å². The average molecular weight is 216 g/mol. The molecule has 14 heavy (non-hydrogen) atoms. The van der Waals surface area contributed by atoms with Crippen molar-refractivity contribution in [3.8, 4) is 0 Å². The molecule has 1 rings (SSSR count). The lowest BCUT2D eigenvalue weighted by molar-refractivity contribution is -0.134. The molecule has 0 N–H and O–H groups in total. The van der Waals surface area contributed by atoms with Crippen molar-refractivity contribution in [3.63, 3.8) is 0 Å². The highest BCUT2D eigenvalue weighted by Crippen LogP contribution is 2.12. The van der Waals surface area contributed by atoms with Crippen LogP contribution in [0.25, 0.3) is 6.08 Å². The number of pyridine rings is 1. The molecule has 0 atom stereocenters. The summed E-state index contributed by atoms with van der Waals surface area (Å²) in [6.45, 7) is 0. The van der Waals surface area contributed by atoms with Gasteiger partial charge in [0.05, 0.1) is 7.11 Å². The first-order valence-electron chi connectivity index (χ1n) is 3.70. The SMILES string of the molecule is COC(=O)C=Cc1cnc(Cl)c(F)c1. The van der Waals surface area contributed by atoms with Crippen LogP contribution in [0.15, 0.2) is 18.3 Å². The molecule has 74 valence electrons. The number of aromatic nitrogens is 1. The maximum atomic E-state index is 12.8. The zero-order valence-electron chi connectivity index (χ0n) is 7.33. The van der Waals surface area contributed by atoms with E-state index >= 15 is 0 Å². The molecule has 3 nitrogen and oxygen atoms in total. The first-order valence-corrected chi connectivity index (χ1v) is 4.08. The Hall–Kier alpha value is -1.42. The Bertz CT molecular complexity index is 379. The van der Waals surface area contributed by atoms with Crippen LogP contribution in [0.4, 0.5) is 4.39 Å². The predicted octanol–water partition coefficient (Wildman–Crippen LogP) is 2.06. The van der Waals surface area contributed by atoms with Gasteiger partial charge in [0.2, 0.25) is 0 Å². The molecule has 0 saturated carbocycles. The fourth-order valence-corrected chi connectivity index (χ4v) is 0.863. The molecule has 0 aliphatic rings. The summed E-state index contributed by atoms with van der Waals surface area (Å²) in [6.07, 6.45) is 3.91. The van der Waals surface area contributed by atoms with E-state index in [1.165, 1.54) is 31.5 Å². The van der Waals surface area contributed by atoms with Gasteiger partial charge in [-0.3, -0.25) is 0 Å². The van der Waals surface area contributed by atoms with Crippen LogP contribution in [0.1, 0.15) is 5.56 Å². The lowest BCUT2D eigenvalue weighted by Gasteiger charge is -1.95. The summed E-state index contributed by atoms with van der Waals surface area (Å²) in [6, 6.07) is 1.18. The second-order valence-electron chi connectivity index (χ2n) is 2.40. The number of nitrogens with zero attached hydrogens (tertiary/aromatic N) is 1. The minimum Gasteiger partial charge on any atom is -0.466 e. The normalized spacial score (nSPS) is 10.5. The van der Waals surface area contributed by atoms with Crippen molar-refractivity contribution in [2.45, 2.75) is 0 Å². The molecule has 0 spiro atoms. The summed E-state index contributed by atoms with van der Waals surface area (Å²) in [5.41, 5.74) is 0.442. The van der Waals surface area contributed by atoms with Crippen molar-refractivity contribution >= 4 is 23.6 Å². The van der Waals surface area contributed by atoms with E-state index in [0.717, 1.165) is 0 Å². The molecule has 0 aliphatic heterocycles. The summed E-state index contributed by atoms with van der Waals surface area (Å²) < 4.78 is 17.2. The summed E-state index contributed by atoms with van der Waals surface area (Å²) in [5, 5.41) is -0.194. The molecule has 0 aliphatic carbocycles. The van der Waals surface area contributed by atoms with Crippen LogP contribution in [0.5, 0.6) is 0 Å². The van der Waals surface area contributed by atoms with Gasteiger partial charge in [-0.2, -0.15) is 0 Å². The van der Waals surface area contributed by atoms with Crippen molar-refractivity contribution in [2.75, 3.05) is 7.11 Å². The molecule has 0 radical (unpaired) electrons. The number of carbonyl (C=O) groups is 1. The van der Waals surface area contributed by atoms with E-state index in [-0.39, 0.29) is 5.15 Å². The number of carbonyl (C=O) groups excluding carboxylic acids is 1. The van der Waals surface area contributed by atoms with E-state index in [1.807, 2.05) is 0 Å². The van der Waals surface area contributed by atoms with Crippen LogP contribution in [-0.4, -0.2) is 18.1 Å². The molecular formula is C9H7ClFNO2. The van der Waals surface area contributed by atoms with E-state index in [2.05, 4.69) is 9.72 Å². The molecule has 0 unspecified atom stereocenters. The lowest BCUT2D eigenvalue weighted by atomic mass is 10.2. The van der Waals surface area contributed by atoms with Crippen molar-refractivity contribution in [1.82, 2.24) is 4.98 Å². The van der Waals surface area contributed by atoms with Gasteiger partial charge in [0.25, 0.3) is 0 Å². The lowest BCUT2D eigenvalue weighted by Crippen LogP contribution is -1.93. The molecule has 1 heterocycles. The second kappa shape index (κ2) is 4.72. The molecular weight excluding hydrogens is 209 g/mol. The molecule has 0 aromatic carbocycles. The predicted molar refractivity (Wildman–Crippen MR) is 50.3 cm³/mol. The molecule has 1 aromatic rings. The molecule has 0 amide bonds. The third-order valence-corrected chi connectivity index (χ3v) is 1.71.